The molecule has 1 aromatic carbocycles. The molecule has 0 unspecified atom stereocenters. The fraction of sp³-hybridized carbons (Fsp3) is 0.167. The maximum absolute atomic E-state index is 13.9. The molecule has 1 aliphatic rings. The van der Waals surface area contributed by atoms with E-state index in [2.05, 4.69) is 26.0 Å². The van der Waals surface area contributed by atoms with Crippen LogP contribution < -0.4 is 0 Å². The van der Waals surface area contributed by atoms with Crippen molar-refractivity contribution < 1.29 is 9.18 Å². The van der Waals surface area contributed by atoms with Crippen molar-refractivity contribution >= 4 is 33.1 Å². The van der Waals surface area contributed by atoms with Crippen LogP contribution in [0.2, 0.25) is 0 Å². The summed E-state index contributed by atoms with van der Waals surface area (Å²) < 4.78 is 16.3. The van der Waals surface area contributed by atoms with Crippen molar-refractivity contribution in [1.82, 2.24) is 19.5 Å². The van der Waals surface area contributed by atoms with E-state index < -0.39 is 0 Å². The molecule has 126 valence electrons. The Morgan fingerprint density at radius 2 is 2.12 bits per heavy atom. The van der Waals surface area contributed by atoms with Crippen LogP contribution in [0.5, 0.6) is 0 Å². The third-order valence-electron chi connectivity index (χ3n) is 4.22. The molecule has 2 aromatic heterocycles. The van der Waals surface area contributed by atoms with Gasteiger partial charge in [0.25, 0.3) is 5.91 Å². The Kier molecular flexibility index (Phi) is 4.09. The SMILES string of the molecule is O=C(c1cc2ncc(Br)cn2n1)N1CC=C(c2ccccc2F)CC1. The van der Waals surface area contributed by atoms with E-state index in [1.807, 2.05) is 12.1 Å². The van der Waals surface area contributed by atoms with Crippen LogP contribution in [0.4, 0.5) is 4.39 Å². The van der Waals surface area contributed by atoms with Crippen LogP contribution >= 0.6 is 15.9 Å². The first-order valence-corrected chi connectivity index (χ1v) is 8.65. The molecule has 5 nitrogen and oxygen atoms in total. The Labute approximate surface area is 151 Å². The molecule has 0 N–H and O–H groups in total. The summed E-state index contributed by atoms with van der Waals surface area (Å²) >= 11 is 3.33. The van der Waals surface area contributed by atoms with Crippen LogP contribution in [-0.2, 0) is 0 Å². The van der Waals surface area contributed by atoms with Crippen molar-refractivity contribution in [3.8, 4) is 0 Å². The van der Waals surface area contributed by atoms with Gasteiger partial charge in [-0.15, -0.1) is 0 Å². The summed E-state index contributed by atoms with van der Waals surface area (Å²) in [6.45, 7) is 0.970. The van der Waals surface area contributed by atoms with Crippen molar-refractivity contribution in [2.75, 3.05) is 13.1 Å². The third kappa shape index (κ3) is 3.07. The zero-order valence-electron chi connectivity index (χ0n) is 13.2. The van der Waals surface area contributed by atoms with Crippen LogP contribution in [0.1, 0.15) is 22.5 Å². The van der Waals surface area contributed by atoms with Crippen LogP contribution in [0, 0.1) is 5.82 Å². The number of hydrogen-bond donors (Lipinski definition) is 0. The molecule has 4 rings (SSSR count). The van der Waals surface area contributed by atoms with Crippen LogP contribution in [-0.4, -0.2) is 38.5 Å². The van der Waals surface area contributed by atoms with E-state index in [9.17, 15) is 9.18 Å². The summed E-state index contributed by atoms with van der Waals surface area (Å²) in [6, 6.07) is 8.39. The highest BCUT2D eigenvalue weighted by molar-refractivity contribution is 9.10. The molecular formula is C18H14BrFN4O. The van der Waals surface area contributed by atoms with Crippen molar-refractivity contribution in [2.24, 2.45) is 0 Å². The minimum Gasteiger partial charge on any atom is -0.333 e. The van der Waals surface area contributed by atoms with Crippen molar-refractivity contribution in [1.29, 1.82) is 0 Å². The molecule has 0 saturated carbocycles. The summed E-state index contributed by atoms with van der Waals surface area (Å²) in [5, 5.41) is 4.29. The molecule has 3 heterocycles. The maximum atomic E-state index is 13.9. The van der Waals surface area contributed by atoms with E-state index >= 15 is 0 Å². The molecule has 0 bridgehead atoms. The first-order valence-electron chi connectivity index (χ1n) is 7.86. The third-order valence-corrected chi connectivity index (χ3v) is 4.63. The Bertz CT molecular complexity index is 998. The summed E-state index contributed by atoms with van der Waals surface area (Å²) in [5.41, 5.74) is 2.51. The van der Waals surface area contributed by atoms with Gasteiger partial charge in [0, 0.05) is 37.1 Å². The van der Waals surface area contributed by atoms with E-state index in [0.717, 1.165) is 10.0 Å². The number of carbonyl (C=O) groups excluding carboxylic acids is 1. The minimum atomic E-state index is -0.231. The quantitative estimate of drug-likeness (QED) is 0.660. The summed E-state index contributed by atoms with van der Waals surface area (Å²) in [6.07, 6.45) is 5.94. The smallest absolute Gasteiger partial charge is 0.274 e. The maximum Gasteiger partial charge on any atom is 0.274 e. The normalized spacial score (nSPS) is 14.6. The zero-order valence-corrected chi connectivity index (χ0v) is 14.8. The monoisotopic (exact) mass is 400 g/mol. The number of hydrogen-bond acceptors (Lipinski definition) is 3. The lowest BCUT2D eigenvalue weighted by atomic mass is 9.99. The summed E-state index contributed by atoms with van der Waals surface area (Å²) in [5.74, 6) is -0.379. The molecule has 0 atom stereocenters. The van der Waals surface area contributed by atoms with Gasteiger partial charge in [0.1, 0.15) is 5.82 Å². The predicted octanol–water partition coefficient (Wildman–Crippen LogP) is 3.56. The van der Waals surface area contributed by atoms with Gasteiger partial charge in [-0.1, -0.05) is 24.3 Å². The van der Waals surface area contributed by atoms with E-state index in [1.165, 1.54) is 6.07 Å². The molecule has 1 amide bonds. The summed E-state index contributed by atoms with van der Waals surface area (Å²) in [4.78, 5) is 18.6. The van der Waals surface area contributed by atoms with E-state index in [1.54, 1.807) is 40.0 Å². The molecule has 0 spiro atoms. The first kappa shape index (κ1) is 16.0. The summed E-state index contributed by atoms with van der Waals surface area (Å²) in [7, 11) is 0. The highest BCUT2D eigenvalue weighted by Gasteiger charge is 2.22. The fourth-order valence-corrected chi connectivity index (χ4v) is 3.24. The van der Waals surface area contributed by atoms with E-state index in [-0.39, 0.29) is 11.7 Å². The van der Waals surface area contributed by atoms with Gasteiger partial charge >= 0.3 is 0 Å². The van der Waals surface area contributed by atoms with E-state index in [4.69, 9.17) is 0 Å². The van der Waals surface area contributed by atoms with Crippen LogP contribution in [0.15, 0.2) is 53.3 Å². The van der Waals surface area contributed by atoms with Gasteiger partial charge in [-0.05, 0) is 34.0 Å². The van der Waals surface area contributed by atoms with Gasteiger partial charge < -0.3 is 4.90 Å². The van der Waals surface area contributed by atoms with Crippen molar-refractivity contribution in [2.45, 2.75) is 6.42 Å². The van der Waals surface area contributed by atoms with Gasteiger partial charge in [-0.2, -0.15) is 5.10 Å². The average Bonchev–Trinajstić information content (AvgIpc) is 3.05. The second-order valence-corrected chi connectivity index (χ2v) is 6.73. The van der Waals surface area contributed by atoms with E-state index in [0.29, 0.717) is 36.4 Å². The van der Waals surface area contributed by atoms with Gasteiger partial charge in [-0.3, -0.25) is 4.79 Å². The van der Waals surface area contributed by atoms with Gasteiger partial charge in [0.15, 0.2) is 11.3 Å². The number of aromatic nitrogens is 3. The van der Waals surface area contributed by atoms with Crippen LogP contribution in [0.25, 0.3) is 11.2 Å². The molecule has 3 aromatic rings. The number of nitrogens with zero attached hydrogens (tertiary/aromatic N) is 4. The molecule has 1 aliphatic heterocycles. The second kappa shape index (κ2) is 6.40. The largest absolute Gasteiger partial charge is 0.333 e. The molecule has 0 saturated heterocycles. The molecular weight excluding hydrogens is 387 g/mol. The zero-order chi connectivity index (χ0) is 17.4. The highest BCUT2D eigenvalue weighted by Crippen LogP contribution is 2.25. The predicted molar refractivity (Wildman–Crippen MR) is 95.6 cm³/mol. The number of carbonyl (C=O) groups is 1. The number of rotatable bonds is 2. The Balaban J connectivity index is 1.55. The lowest BCUT2D eigenvalue weighted by Gasteiger charge is -2.26. The number of amides is 1. The molecule has 0 fully saturated rings. The first-order chi connectivity index (χ1) is 12.1. The molecule has 7 heteroatoms. The Morgan fingerprint density at radius 3 is 2.88 bits per heavy atom. The molecule has 0 radical (unpaired) electrons. The average molecular weight is 401 g/mol. The number of halogens is 2. The highest BCUT2D eigenvalue weighted by atomic mass is 79.9. The van der Waals surface area contributed by atoms with Crippen molar-refractivity contribution in [3.05, 3.63) is 70.3 Å². The molecule has 25 heavy (non-hydrogen) atoms. The van der Waals surface area contributed by atoms with Crippen LogP contribution in [0.3, 0.4) is 0 Å². The molecule has 0 aliphatic carbocycles. The van der Waals surface area contributed by atoms with Gasteiger partial charge in [0.2, 0.25) is 0 Å². The Morgan fingerprint density at radius 1 is 1.28 bits per heavy atom. The van der Waals surface area contributed by atoms with Crippen molar-refractivity contribution in [3.63, 3.8) is 0 Å². The lowest BCUT2D eigenvalue weighted by Crippen LogP contribution is -2.35. The number of benzene rings is 1. The minimum absolute atomic E-state index is 0.148. The van der Waals surface area contributed by atoms with Gasteiger partial charge in [-0.25, -0.2) is 13.9 Å². The second-order valence-electron chi connectivity index (χ2n) is 5.81. The standard InChI is InChI=1S/C18H14BrFN4O/c19-13-10-21-17-9-16(22-24(17)11-13)18(25)23-7-5-12(6-8-23)14-3-1-2-4-15(14)20/h1-5,9-11H,6-8H2. The Hall–Kier alpha value is -2.54. The lowest BCUT2D eigenvalue weighted by molar-refractivity contribution is 0.0766. The van der Waals surface area contributed by atoms with Gasteiger partial charge in [0.05, 0.1) is 4.47 Å². The number of fused-ring (bicyclic) bond motifs is 1. The fourth-order valence-electron chi connectivity index (χ4n) is 2.94. The topological polar surface area (TPSA) is 50.5 Å².